The smallest absolute Gasteiger partial charge is 0.338 e. The molecule has 1 fully saturated rings. The largest absolute Gasteiger partial charge is 0.493 e. The zero-order valence-electron chi connectivity index (χ0n) is 17.7. The van der Waals surface area contributed by atoms with Gasteiger partial charge in [0, 0.05) is 11.1 Å². The molecule has 3 rings (SSSR count). The molecule has 1 aliphatic carbocycles. The number of benzene rings is 2. The van der Waals surface area contributed by atoms with Crippen LogP contribution in [0.25, 0.3) is 0 Å². The van der Waals surface area contributed by atoms with Crippen LogP contribution >= 0.6 is 11.6 Å². The van der Waals surface area contributed by atoms with E-state index in [1.165, 1.54) is 19.2 Å². The Bertz CT molecular complexity index is 957. The number of hydrogen-bond donors (Lipinski definition) is 2. The minimum atomic E-state index is -0.723. The number of rotatable bonds is 8. The highest BCUT2D eigenvalue weighted by atomic mass is 35.5. The molecular weight excluding hydrogens is 436 g/mol. The summed E-state index contributed by atoms with van der Waals surface area (Å²) in [7, 11) is 1.45. The molecular formula is C23H25ClN2O6. The van der Waals surface area contributed by atoms with Crippen LogP contribution in [0.3, 0.4) is 0 Å². The lowest BCUT2D eigenvalue weighted by Gasteiger charge is -2.13. The van der Waals surface area contributed by atoms with Gasteiger partial charge in [0.25, 0.3) is 5.91 Å². The van der Waals surface area contributed by atoms with Crippen LogP contribution in [0.2, 0.25) is 5.02 Å². The van der Waals surface area contributed by atoms with Gasteiger partial charge in [-0.25, -0.2) is 9.59 Å². The summed E-state index contributed by atoms with van der Waals surface area (Å²) in [6, 6.07) is 11.3. The standard InChI is InChI=1S/C23H25ClN2O6/c1-30-20-12-16(8-11-19(20)31-13-15-6-9-17(24)10-7-15)22(28)32-14-21(27)26-23(29)25-18-4-2-3-5-18/h6-12,18H,2-5,13-14H2,1H3,(H2,25,26,27,29). The quantitative estimate of drug-likeness (QED) is 0.580. The zero-order valence-corrected chi connectivity index (χ0v) is 18.4. The number of nitrogens with one attached hydrogen (secondary N) is 2. The van der Waals surface area contributed by atoms with Crippen LogP contribution in [0.1, 0.15) is 41.6 Å². The van der Waals surface area contributed by atoms with Crippen molar-refractivity contribution in [2.24, 2.45) is 0 Å². The Morgan fingerprint density at radius 2 is 1.75 bits per heavy atom. The minimum Gasteiger partial charge on any atom is -0.493 e. The first-order chi connectivity index (χ1) is 15.4. The molecule has 1 saturated carbocycles. The average molecular weight is 461 g/mol. The Balaban J connectivity index is 1.49. The number of carbonyl (C=O) groups is 3. The molecule has 2 aromatic rings. The highest BCUT2D eigenvalue weighted by Gasteiger charge is 2.19. The lowest BCUT2D eigenvalue weighted by Crippen LogP contribution is -2.44. The molecule has 0 aliphatic heterocycles. The predicted octanol–water partition coefficient (Wildman–Crippen LogP) is 3.85. The maximum atomic E-state index is 12.3. The van der Waals surface area contributed by atoms with E-state index < -0.39 is 24.5 Å². The summed E-state index contributed by atoms with van der Waals surface area (Å²) in [6.45, 7) is -0.283. The van der Waals surface area contributed by atoms with Crippen molar-refractivity contribution >= 4 is 29.5 Å². The van der Waals surface area contributed by atoms with E-state index in [-0.39, 0.29) is 11.6 Å². The number of esters is 1. The van der Waals surface area contributed by atoms with E-state index >= 15 is 0 Å². The van der Waals surface area contributed by atoms with Crippen molar-refractivity contribution in [3.8, 4) is 11.5 Å². The Morgan fingerprint density at radius 1 is 1.03 bits per heavy atom. The molecule has 2 N–H and O–H groups in total. The molecule has 0 unspecified atom stereocenters. The summed E-state index contributed by atoms with van der Waals surface area (Å²) in [5.74, 6) is -0.642. The van der Waals surface area contributed by atoms with Gasteiger partial charge in [-0.15, -0.1) is 0 Å². The second-order valence-corrected chi connectivity index (χ2v) is 7.80. The van der Waals surface area contributed by atoms with Crippen LogP contribution < -0.4 is 20.1 Å². The Labute approximate surface area is 191 Å². The number of halogens is 1. The molecule has 0 spiro atoms. The van der Waals surface area contributed by atoms with Gasteiger partial charge in [-0.05, 0) is 48.7 Å². The molecule has 8 nitrogen and oxygen atoms in total. The average Bonchev–Trinajstić information content (AvgIpc) is 3.29. The first-order valence-electron chi connectivity index (χ1n) is 10.3. The number of hydrogen-bond acceptors (Lipinski definition) is 6. The highest BCUT2D eigenvalue weighted by molar-refractivity contribution is 6.30. The number of amides is 3. The molecule has 0 atom stereocenters. The molecule has 2 aromatic carbocycles. The summed E-state index contributed by atoms with van der Waals surface area (Å²) < 4.78 is 16.1. The van der Waals surface area contributed by atoms with Gasteiger partial charge < -0.3 is 19.5 Å². The highest BCUT2D eigenvalue weighted by Crippen LogP contribution is 2.29. The molecule has 0 aromatic heterocycles. The third kappa shape index (κ3) is 6.88. The van der Waals surface area contributed by atoms with E-state index in [0.29, 0.717) is 23.1 Å². The maximum Gasteiger partial charge on any atom is 0.338 e. The monoisotopic (exact) mass is 460 g/mol. The molecule has 0 heterocycles. The summed E-state index contributed by atoms with van der Waals surface area (Å²) in [6.07, 6.45) is 3.92. The van der Waals surface area contributed by atoms with Gasteiger partial charge in [0.2, 0.25) is 0 Å². The van der Waals surface area contributed by atoms with Crippen molar-refractivity contribution in [1.82, 2.24) is 10.6 Å². The first-order valence-corrected chi connectivity index (χ1v) is 10.6. The number of methoxy groups -OCH3 is 1. The van der Waals surface area contributed by atoms with E-state index in [2.05, 4.69) is 10.6 Å². The van der Waals surface area contributed by atoms with Crippen molar-refractivity contribution in [3.63, 3.8) is 0 Å². The van der Waals surface area contributed by atoms with Crippen LogP contribution in [0.4, 0.5) is 4.79 Å². The van der Waals surface area contributed by atoms with Gasteiger partial charge in [0.05, 0.1) is 12.7 Å². The number of ether oxygens (including phenoxy) is 3. The van der Waals surface area contributed by atoms with Crippen molar-refractivity contribution in [2.75, 3.05) is 13.7 Å². The topological polar surface area (TPSA) is 103 Å². The third-order valence-electron chi connectivity index (χ3n) is 4.98. The third-order valence-corrected chi connectivity index (χ3v) is 5.24. The van der Waals surface area contributed by atoms with Gasteiger partial charge in [0.15, 0.2) is 18.1 Å². The van der Waals surface area contributed by atoms with Gasteiger partial charge in [0.1, 0.15) is 6.61 Å². The van der Waals surface area contributed by atoms with Gasteiger partial charge >= 0.3 is 12.0 Å². The molecule has 3 amide bonds. The van der Waals surface area contributed by atoms with E-state index in [1.807, 2.05) is 12.1 Å². The molecule has 1 aliphatic rings. The van der Waals surface area contributed by atoms with Crippen molar-refractivity contribution in [3.05, 3.63) is 58.6 Å². The van der Waals surface area contributed by atoms with Crippen LogP contribution in [-0.2, 0) is 16.1 Å². The molecule has 0 bridgehead atoms. The Kier molecular flexibility index (Phi) is 8.33. The number of carbonyl (C=O) groups excluding carboxylic acids is 3. The van der Waals surface area contributed by atoms with Gasteiger partial charge in [-0.2, -0.15) is 0 Å². The molecule has 32 heavy (non-hydrogen) atoms. The van der Waals surface area contributed by atoms with Crippen LogP contribution in [0.5, 0.6) is 11.5 Å². The van der Waals surface area contributed by atoms with E-state index in [4.69, 9.17) is 25.8 Å². The van der Waals surface area contributed by atoms with Crippen molar-refractivity contribution in [2.45, 2.75) is 38.3 Å². The second-order valence-electron chi connectivity index (χ2n) is 7.36. The minimum absolute atomic E-state index is 0.0817. The van der Waals surface area contributed by atoms with Gasteiger partial charge in [-0.3, -0.25) is 10.1 Å². The number of imide groups is 1. The fourth-order valence-electron chi connectivity index (χ4n) is 3.32. The van der Waals surface area contributed by atoms with E-state index in [1.54, 1.807) is 18.2 Å². The molecule has 9 heteroatoms. The first kappa shape index (κ1) is 23.4. The Hall–Kier alpha value is -3.26. The van der Waals surface area contributed by atoms with Gasteiger partial charge in [-0.1, -0.05) is 36.6 Å². The summed E-state index contributed by atoms with van der Waals surface area (Å²) in [4.78, 5) is 36.0. The molecule has 170 valence electrons. The fourth-order valence-corrected chi connectivity index (χ4v) is 3.45. The number of urea groups is 1. The molecule has 0 radical (unpaired) electrons. The van der Waals surface area contributed by atoms with E-state index in [0.717, 1.165) is 31.2 Å². The maximum absolute atomic E-state index is 12.3. The lowest BCUT2D eigenvalue weighted by atomic mass is 10.2. The predicted molar refractivity (Wildman–Crippen MR) is 118 cm³/mol. The van der Waals surface area contributed by atoms with Crippen LogP contribution in [0, 0.1) is 0 Å². The normalized spacial score (nSPS) is 13.3. The van der Waals surface area contributed by atoms with Crippen molar-refractivity contribution in [1.29, 1.82) is 0 Å². The summed E-state index contributed by atoms with van der Waals surface area (Å²) >= 11 is 5.88. The summed E-state index contributed by atoms with van der Waals surface area (Å²) in [5, 5.41) is 5.53. The second kappa shape index (κ2) is 11.4. The SMILES string of the molecule is COc1cc(C(=O)OCC(=O)NC(=O)NC2CCCC2)ccc1OCc1ccc(Cl)cc1. The molecule has 0 saturated heterocycles. The lowest BCUT2D eigenvalue weighted by molar-refractivity contribution is -0.123. The Morgan fingerprint density at radius 3 is 2.44 bits per heavy atom. The fraction of sp³-hybridized carbons (Fsp3) is 0.348. The van der Waals surface area contributed by atoms with Crippen LogP contribution in [-0.4, -0.2) is 37.7 Å². The summed E-state index contributed by atoms with van der Waals surface area (Å²) in [5.41, 5.74) is 1.10. The zero-order chi connectivity index (χ0) is 22.9. The van der Waals surface area contributed by atoms with E-state index in [9.17, 15) is 14.4 Å². The van der Waals surface area contributed by atoms with Crippen molar-refractivity contribution < 1.29 is 28.6 Å². The van der Waals surface area contributed by atoms with Crippen LogP contribution in [0.15, 0.2) is 42.5 Å².